The highest BCUT2D eigenvalue weighted by Crippen LogP contribution is 2.36. The molecule has 0 bridgehead atoms. The van der Waals surface area contributed by atoms with Crippen LogP contribution in [0.3, 0.4) is 0 Å². The van der Waals surface area contributed by atoms with E-state index in [0.29, 0.717) is 19.4 Å². The minimum absolute atomic E-state index is 0.0236. The Morgan fingerprint density at radius 2 is 1.67 bits per heavy atom. The second-order valence-corrected chi connectivity index (χ2v) is 12.5. The van der Waals surface area contributed by atoms with Crippen molar-refractivity contribution in [2.24, 2.45) is 0 Å². The first-order valence-electron chi connectivity index (χ1n) is 7.36. The molecule has 0 aromatic heterocycles. The van der Waals surface area contributed by atoms with Crippen molar-refractivity contribution in [2.75, 3.05) is 19.7 Å². The zero-order valence-electron chi connectivity index (χ0n) is 14.8. The van der Waals surface area contributed by atoms with Gasteiger partial charge in [0.05, 0.1) is 13.2 Å². The van der Waals surface area contributed by atoms with Crippen LogP contribution in [0.15, 0.2) is 0 Å². The van der Waals surface area contributed by atoms with Crippen molar-refractivity contribution in [3.8, 4) is 0 Å². The summed E-state index contributed by atoms with van der Waals surface area (Å²) in [6.07, 6.45) is 0.226. The Labute approximate surface area is 130 Å². The lowest BCUT2D eigenvalue weighted by atomic mass is 10.2. The van der Waals surface area contributed by atoms with Crippen molar-refractivity contribution in [2.45, 2.75) is 65.3 Å². The van der Waals surface area contributed by atoms with Gasteiger partial charge in [0.15, 0.2) is 8.32 Å². The molecular formula is C15H31NO4Si. The number of carbonyl (C=O) groups excluding carboxylic acids is 2. The summed E-state index contributed by atoms with van der Waals surface area (Å²) >= 11 is 0. The quantitative estimate of drug-likeness (QED) is 0.556. The van der Waals surface area contributed by atoms with E-state index in [1.54, 1.807) is 20.8 Å². The molecule has 0 aromatic rings. The summed E-state index contributed by atoms with van der Waals surface area (Å²) in [5, 5.41) is 0.119. The Kier molecular flexibility index (Phi) is 7.09. The fourth-order valence-corrected chi connectivity index (χ4v) is 2.34. The number of aldehydes is 1. The van der Waals surface area contributed by atoms with E-state index in [1.165, 1.54) is 4.90 Å². The highest BCUT2D eigenvalue weighted by molar-refractivity contribution is 6.74. The Morgan fingerprint density at radius 3 is 2.05 bits per heavy atom. The minimum Gasteiger partial charge on any atom is -0.444 e. The maximum absolute atomic E-state index is 12.0. The SMILES string of the molecule is CC(C)(C)OC(=O)N(CC=O)CCO[Si](C)(C)C(C)(C)C. The summed E-state index contributed by atoms with van der Waals surface area (Å²) in [7, 11) is -1.84. The van der Waals surface area contributed by atoms with Gasteiger partial charge in [-0.25, -0.2) is 4.79 Å². The van der Waals surface area contributed by atoms with Gasteiger partial charge in [0.2, 0.25) is 0 Å². The molecule has 0 N–H and O–H groups in total. The molecule has 124 valence electrons. The monoisotopic (exact) mass is 317 g/mol. The summed E-state index contributed by atoms with van der Waals surface area (Å²) in [5.74, 6) is 0. The molecule has 0 fully saturated rings. The molecule has 0 radical (unpaired) electrons. The Morgan fingerprint density at radius 1 is 1.14 bits per heavy atom. The van der Waals surface area contributed by atoms with E-state index in [0.717, 1.165) is 0 Å². The molecule has 0 rings (SSSR count). The molecule has 6 heteroatoms. The molecule has 5 nitrogen and oxygen atoms in total. The van der Waals surface area contributed by atoms with Gasteiger partial charge in [0.25, 0.3) is 0 Å². The molecule has 0 aliphatic rings. The molecule has 21 heavy (non-hydrogen) atoms. The van der Waals surface area contributed by atoms with Gasteiger partial charge < -0.3 is 14.0 Å². The zero-order chi connectivity index (χ0) is 16.9. The van der Waals surface area contributed by atoms with Crippen molar-refractivity contribution < 1.29 is 18.8 Å². The topological polar surface area (TPSA) is 55.8 Å². The standard InChI is InChI=1S/C15H31NO4Si/c1-14(2,3)20-13(18)16(9-11-17)10-12-19-21(7,8)15(4,5)6/h11H,9-10,12H2,1-8H3. The number of rotatable bonds is 6. The predicted molar refractivity (Wildman–Crippen MR) is 87.0 cm³/mol. The van der Waals surface area contributed by atoms with Gasteiger partial charge in [0, 0.05) is 6.54 Å². The van der Waals surface area contributed by atoms with Crippen LogP contribution in [0.25, 0.3) is 0 Å². The molecule has 0 saturated carbocycles. The predicted octanol–water partition coefficient (Wildman–Crippen LogP) is 3.44. The third-order valence-corrected chi connectivity index (χ3v) is 8.12. The van der Waals surface area contributed by atoms with Crippen molar-refractivity contribution >= 4 is 20.7 Å². The molecule has 0 spiro atoms. The number of hydrogen-bond donors (Lipinski definition) is 0. The highest BCUT2D eigenvalue weighted by atomic mass is 28.4. The van der Waals surface area contributed by atoms with Gasteiger partial charge in [-0.3, -0.25) is 4.90 Å². The van der Waals surface area contributed by atoms with Crippen molar-refractivity contribution in [1.29, 1.82) is 0 Å². The maximum atomic E-state index is 12.0. The lowest BCUT2D eigenvalue weighted by Crippen LogP contribution is -2.44. The van der Waals surface area contributed by atoms with E-state index in [9.17, 15) is 9.59 Å². The van der Waals surface area contributed by atoms with E-state index >= 15 is 0 Å². The number of carbonyl (C=O) groups is 2. The second kappa shape index (κ2) is 7.40. The zero-order valence-corrected chi connectivity index (χ0v) is 15.8. The van der Waals surface area contributed by atoms with Crippen LogP contribution in [-0.2, 0) is 14.0 Å². The van der Waals surface area contributed by atoms with Crippen LogP contribution in [0.5, 0.6) is 0 Å². The van der Waals surface area contributed by atoms with E-state index in [1.807, 2.05) is 0 Å². The van der Waals surface area contributed by atoms with E-state index in [4.69, 9.17) is 9.16 Å². The third-order valence-electron chi connectivity index (χ3n) is 3.58. The van der Waals surface area contributed by atoms with Crippen LogP contribution in [-0.4, -0.2) is 50.9 Å². The largest absolute Gasteiger partial charge is 0.444 e. The minimum atomic E-state index is -1.84. The van der Waals surface area contributed by atoms with Crippen LogP contribution in [0, 0.1) is 0 Å². The van der Waals surface area contributed by atoms with Crippen LogP contribution in [0.1, 0.15) is 41.5 Å². The Bertz CT molecular complexity index is 356. The lowest BCUT2D eigenvalue weighted by Gasteiger charge is -2.36. The summed E-state index contributed by atoms with van der Waals surface area (Å²) in [6, 6.07) is 0. The van der Waals surface area contributed by atoms with E-state index < -0.39 is 20.0 Å². The second-order valence-electron chi connectivity index (χ2n) is 7.70. The average Bonchev–Trinajstić information content (AvgIpc) is 2.23. The number of hydrogen-bond acceptors (Lipinski definition) is 4. The summed E-state index contributed by atoms with van der Waals surface area (Å²) in [6.45, 7) is 17.0. The molecular weight excluding hydrogens is 286 g/mol. The molecule has 0 heterocycles. The highest BCUT2D eigenvalue weighted by Gasteiger charge is 2.37. The first-order chi connectivity index (χ1) is 9.30. The van der Waals surface area contributed by atoms with Crippen molar-refractivity contribution in [3.63, 3.8) is 0 Å². The lowest BCUT2D eigenvalue weighted by molar-refractivity contribution is -0.109. The fraction of sp³-hybridized carbons (Fsp3) is 0.867. The number of nitrogens with zero attached hydrogens (tertiary/aromatic N) is 1. The van der Waals surface area contributed by atoms with Crippen molar-refractivity contribution in [3.05, 3.63) is 0 Å². The van der Waals surface area contributed by atoms with Gasteiger partial charge in [-0.05, 0) is 38.9 Å². The average molecular weight is 318 g/mol. The molecule has 1 amide bonds. The summed E-state index contributed by atoms with van der Waals surface area (Å²) < 4.78 is 11.3. The number of ether oxygens (including phenoxy) is 1. The van der Waals surface area contributed by atoms with Crippen molar-refractivity contribution in [1.82, 2.24) is 4.90 Å². The van der Waals surface area contributed by atoms with E-state index in [-0.39, 0.29) is 11.6 Å². The summed E-state index contributed by atoms with van der Waals surface area (Å²) in [4.78, 5) is 24.1. The van der Waals surface area contributed by atoms with Gasteiger partial charge in [-0.15, -0.1) is 0 Å². The van der Waals surface area contributed by atoms with Gasteiger partial charge in [0.1, 0.15) is 11.9 Å². The van der Waals surface area contributed by atoms with Crippen LogP contribution < -0.4 is 0 Å². The van der Waals surface area contributed by atoms with Crippen LogP contribution >= 0.6 is 0 Å². The molecule has 0 unspecified atom stereocenters. The Hall–Kier alpha value is -0.883. The molecule has 0 saturated heterocycles. The first-order valence-corrected chi connectivity index (χ1v) is 10.3. The first kappa shape index (κ1) is 20.1. The molecule has 0 atom stereocenters. The van der Waals surface area contributed by atoms with Gasteiger partial charge >= 0.3 is 6.09 Å². The van der Waals surface area contributed by atoms with Gasteiger partial charge in [-0.2, -0.15) is 0 Å². The smallest absolute Gasteiger partial charge is 0.410 e. The number of amides is 1. The fourth-order valence-electron chi connectivity index (χ4n) is 1.30. The van der Waals surface area contributed by atoms with E-state index in [2.05, 4.69) is 33.9 Å². The normalized spacial score (nSPS) is 13.0. The van der Waals surface area contributed by atoms with Gasteiger partial charge in [-0.1, -0.05) is 20.8 Å². The Balaban J connectivity index is 4.54. The summed E-state index contributed by atoms with van der Waals surface area (Å²) in [5.41, 5.74) is -0.571. The molecule has 0 aliphatic carbocycles. The van der Waals surface area contributed by atoms with Crippen LogP contribution in [0.4, 0.5) is 4.79 Å². The van der Waals surface area contributed by atoms with Crippen LogP contribution in [0.2, 0.25) is 18.1 Å². The molecule has 0 aliphatic heterocycles. The maximum Gasteiger partial charge on any atom is 0.410 e. The third kappa shape index (κ3) is 7.62. The molecule has 0 aromatic carbocycles.